The van der Waals surface area contributed by atoms with Crippen molar-refractivity contribution in [1.82, 2.24) is 10.6 Å². The van der Waals surface area contributed by atoms with Gasteiger partial charge in [-0.25, -0.2) is 4.99 Å². The SMILES string of the molecule is CCNC(=NCc1ccccc1OC(C)(C)C)NCC1(O)CCOCC1. The van der Waals surface area contributed by atoms with E-state index in [0.29, 0.717) is 45.1 Å². The molecule has 1 aromatic rings. The summed E-state index contributed by atoms with van der Waals surface area (Å²) in [5, 5.41) is 17.1. The minimum absolute atomic E-state index is 0.255. The number of aliphatic imine (C=N–C) groups is 1. The van der Waals surface area contributed by atoms with E-state index in [4.69, 9.17) is 9.47 Å². The normalized spacial score (nSPS) is 17.7. The van der Waals surface area contributed by atoms with Crippen LogP contribution in [0.25, 0.3) is 0 Å². The van der Waals surface area contributed by atoms with E-state index in [1.807, 2.05) is 52.0 Å². The Morgan fingerprint density at radius 2 is 1.92 bits per heavy atom. The van der Waals surface area contributed by atoms with Crippen molar-refractivity contribution in [2.45, 2.75) is 58.3 Å². The second kappa shape index (κ2) is 9.24. The molecule has 26 heavy (non-hydrogen) atoms. The van der Waals surface area contributed by atoms with Gasteiger partial charge in [-0.05, 0) is 33.8 Å². The van der Waals surface area contributed by atoms with Crippen molar-refractivity contribution in [1.29, 1.82) is 0 Å². The third kappa shape index (κ3) is 6.84. The zero-order valence-electron chi connectivity index (χ0n) is 16.5. The van der Waals surface area contributed by atoms with Crippen LogP contribution in [0.3, 0.4) is 0 Å². The van der Waals surface area contributed by atoms with E-state index < -0.39 is 5.60 Å². The minimum atomic E-state index is -0.734. The van der Waals surface area contributed by atoms with Gasteiger partial charge in [0.05, 0.1) is 12.1 Å². The van der Waals surface area contributed by atoms with Gasteiger partial charge in [0.25, 0.3) is 0 Å². The van der Waals surface area contributed by atoms with E-state index in [1.165, 1.54) is 0 Å². The predicted octanol–water partition coefficient (Wildman–Crippen LogP) is 2.46. The number of para-hydroxylation sites is 1. The average Bonchev–Trinajstić information content (AvgIpc) is 2.58. The Bertz CT molecular complexity index is 590. The number of nitrogens with one attached hydrogen (secondary N) is 2. The summed E-state index contributed by atoms with van der Waals surface area (Å²) in [6.07, 6.45) is 1.28. The highest BCUT2D eigenvalue weighted by Crippen LogP contribution is 2.23. The molecule has 0 saturated carbocycles. The Hall–Kier alpha value is -1.79. The maximum Gasteiger partial charge on any atom is 0.191 e. The molecule has 1 saturated heterocycles. The van der Waals surface area contributed by atoms with Crippen LogP contribution in [0.2, 0.25) is 0 Å². The lowest BCUT2D eigenvalue weighted by atomic mass is 9.94. The van der Waals surface area contributed by atoms with E-state index in [-0.39, 0.29) is 5.60 Å². The number of hydrogen-bond acceptors (Lipinski definition) is 4. The highest BCUT2D eigenvalue weighted by Gasteiger charge is 2.29. The number of benzene rings is 1. The molecule has 3 N–H and O–H groups in total. The molecule has 0 aromatic heterocycles. The number of hydrogen-bond donors (Lipinski definition) is 3. The first-order chi connectivity index (χ1) is 12.3. The van der Waals surface area contributed by atoms with Crippen LogP contribution in [0, 0.1) is 0 Å². The van der Waals surface area contributed by atoms with Crippen molar-refractivity contribution in [3.05, 3.63) is 29.8 Å². The summed E-state index contributed by atoms with van der Waals surface area (Å²) in [5.41, 5.74) is 0.0424. The lowest BCUT2D eigenvalue weighted by Crippen LogP contribution is -2.49. The molecule has 6 nitrogen and oxygen atoms in total. The second-order valence-electron chi connectivity index (χ2n) is 7.71. The minimum Gasteiger partial charge on any atom is -0.488 e. The molecule has 6 heteroatoms. The van der Waals surface area contributed by atoms with Crippen molar-refractivity contribution < 1.29 is 14.6 Å². The fourth-order valence-corrected chi connectivity index (χ4v) is 2.75. The summed E-state index contributed by atoms with van der Waals surface area (Å²) in [6.45, 7) is 11.1. The van der Waals surface area contributed by atoms with Crippen LogP contribution in [0.4, 0.5) is 0 Å². The molecular formula is C20H33N3O3. The first kappa shape index (κ1) is 20.5. The van der Waals surface area contributed by atoms with Crippen LogP contribution in [-0.2, 0) is 11.3 Å². The van der Waals surface area contributed by atoms with Gasteiger partial charge in [0.2, 0.25) is 0 Å². The summed E-state index contributed by atoms with van der Waals surface area (Å²) in [4.78, 5) is 4.66. The third-order valence-corrected chi connectivity index (χ3v) is 4.15. The number of rotatable bonds is 6. The molecule has 0 radical (unpaired) electrons. The van der Waals surface area contributed by atoms with Crippen LogP contribution in [0.5, 0.6) is 5.75 Å². The van der Waals surface area contributed by atoms with Crippen LogP contribution in [-0.4, -0.2) is 48.6 Å². The first-order valence-corrected chi connectivity index (χ1v) is 9.40. The summed E-state index contributed by atoms with van der Waals surface area (Å²) in [7, 11) is 0. The summed E-state index contributed by atoms with van der Waals surface area (Å²) >= 11 is 0. The second-order valence-corrected chi connectivity index (χ2v) is 7.71. The Morgan fingerprint density at radius 3 is 2.58 bits per heavy atom. The van der Waals surface area contributed by atoms with Gasteiger partial charge in [-0.2, -0.15) is 0 Å². The third-order valence-electron chi connectivity index (χ3n) is 4.15. The molecule has 1 aliphatic rings. The highest BCUT2D eigenvalue weighted by molar-refractivity contribution is 5.79. The standard InChI is InChI=1S/C20H33N3O3/c1-5-21-18(23-15-20(24)10-12-25-13-11-20)22-14-16-8-6-7-9-17(16)26-19(2,3)4/h6-9,24H,5,10-15H2,1-4H3,(H2,21,22,23). The molecule has 0 bridgehead atoms. The van der Waals surface area contributed by atoms with Crippen molar-refractivity contribution in [2.75, 3.05) is 26.3 Å². The van der Waals surface area contributed by atoms with Crippen LogP contribution in [0.1, 0.15) is 46.1 Å². The zero-order chi connectivity index (χ0) is 19.0. The maximum atomic E-state index is 10.6. The molecule has 1 aromatic carbocycles. The molecule has 2 rings (SSSR count). The van der Waals surface area contributed by atoms with E-state index in [0.717, 1.165) is 17.9 Å². The molecule has 146 valence electrons. The van der Waals surface area contributed by atoms with E-state index >= 15 is 0 Å². The van der Waals surface area contributed by atoms with Gasteiger partial charge in [-0.3, -0.25) is 0 Å². The molecule has 1 fully saturated rings. The topological polar surface area (TPSA) is 75.1 Å². The summed E-state index contributed by atoms with van der Waals surface area (Å²) in [6, 6.07) is 7.96. The molecule has 0 unspecified atom stereocenters. The number of aliphatic hydroxyl groups is 1. The van der Waals surface area contributed by atoms with Crippen molar-refractivity contribution in [3.8, 4) is 5.75 Å². The number of nitrogens with zero attached hydrogens (tertiary/aromatic N) is 1. The molecule has 0 amide bonds. The molecule has 0 spiro atoms. The van der Waals surface area contributed by atoms with Gasteiger partial charge < -0.3 is 25.2 Å². The molecular weight excluding hydrogens is 330 g/mol. The van der Waals surface area contributed by atoms with Crippen molar-refractivity contribution in [3.63, 3.8) is 0 Å². The molecule has 0 atom stereocenters. The quantitative estimate of drug-likeness (QED) is 0.535. The zero-order valence-corrected chi connectivity index (χ0v) is 16.5. The van der Waals surface area contributed by atoms with E-state index in [9.17, 15) is 5.11 Å². The first-order valence-electron chi connectivity index (χ1n) is 9.40. The molecule has 0 aliphatic carbocycles. The predicted molar refractivity (Wildman–Crippen MR) is 105 cm³/mol. The van der Waals surface area contributed by atoms with Crippen LogP contribution < -0.4 is 15.4 Å². The van der Waals surface area contributed by atoms with Crippen molar-refractivity contribution >= 4 is 5.96 Å². The van der Waals surface area contributed by atoms with Gasteiger partial charge in [0.1, 0.15) is 11.4 Å². The fraction of sp³-hybridized carbons (Fsp3) is 0.650. The smallest absolute Gasteiger partial charge is 0.191 e. The van der Waals surface area contributed by atoms with Gasteiger partial charge in [-0.1, -0.05) is 18.2 Å². The fourth-order valence-electron chi connectivity index (χ4n) is 2.75. The van der Waals surface area contributed by atoms with Gasteiger partial charge in [0, 0.05) is 44.7 Å². The Morgan fingerprint density at radius 1 is 1.23 bits per heavy atom. The average molecular weight is 364 g/mol. The maximum absolute atomic E-state index is 10.6. The van der Waals surface area contributed by atoms with E-state index in [2.05, 4.69) is 15.6 Å². The lowest BCUT2D eigenvalue weighted by Gasteiger charge is -2.32. The van der Waals surface area contributed by atoms with Gasteiger partial charge in [0.15, 0.2) is 5.96 Å². The van der Waals surface area contributed by atoms with Crippen LogP contribution >= 0.6 is 0 Å². The number of guanidine groups is 1. The van der Waals surface area contributed by atoms with Crippen molar-refractivity contribution in [2.24, 2.45) is 4.99 Å². The Kier molecular flexibility index (Phi) is 7.29. The highest BCUT2D eigenvalue weighted by atomic mass is 16.5. The molecule has 1 aliphatic heterocycles. The summed E-state index contributed by atoms with van der Waals surface area (Å²) in [5.74, 6) is 1.54. The molecule has 1 heterocycles. The van der Waals surface area contributed by atoms with Gasteiger partial charge in [-0.15, -0.1) is 0 Å². The Labute approximate surface area is 157 Å². The van der Waals surface area contributed by atoms with E-state index in [1.54, 1.807) is 0 Å². The van der Waals surface area contributed by atoms with Crippen LogP contribution in [0.15, 0.2) is 29.3 Å². The lowest BCUT2D eigenvalue weighted by molar-refractivity contribution is -0.0594. The number of ether oxygens (including phenoxy) is 2. The Balaban J connectivity index is 2.02. The van der Waals surface area contributed by atoms with Gasteiger partial charge >= 0.3 is 0 Å². The summed E-state index contributed by atoms with van der Waals surface area (Å²) < 4.78 is 11.4. The monoisotopic (exact) mass is 363 g/mol. The largest absolute Gasteiger partial charge is 0.488 e.